The van der Waals surface area contributed by atoms with Gasteiger partial charge in [-0.2, -0.15) is 4.57 Å². The molecule has 1 aromatic heterocycles. The third-order valence-electron chi connectivity index (χ3n) is 7.56. The molecular formula is C35H33N2O4S+. The molecule has 42 heavy (non-hydrogen) atoms. The number of anilines is 1. The van der Waals surface area contributed by atoms with Gasteiger partial charge in [-0.25, -0.2) is 4.79 Å². The van der Waals surface area contributed by atoms with Gasteiger partial charge >= 0.3 is 11.9 Å². The molecule has 0 bridgehead atoms. The number of aryl methyl sites for hydroxylation is 1. The Hall–Kier alpha value is -4.49. The maximum absolute atomic E-state index is 12.1. The van der Waals surface area contributed by atoms with Crippen molar-refractivity contribution in [1.29, 1.82) is 0 Å². The molecule has 2 heterocycles. The number of fused-ring (bicyclic) bond motifs is 2. The topological polar surface area (TPSA) is 66.8 Å². The van der Waals surface area contributed by atoms with Crippen LogP contribution in [0.25, 0.3) is 17.2 Å². The van der Waals surface area contributed by atoms with Crippen molar-refractivity contribution in [3.63, 3.8) is 0 Å². The Balaban J connectivity index is 1.42. The fourth-order valence-corrected chi connectivity index (χ4v) is 6.78. The number of thioether (sulfide) groups is 1. The van der Waals surface area contributed by atoms with E-state index in [1.54, 1.807) is 12.1 Å². The average molecular weight is 578 g/mol. The molecule has 0 saturated heterocycles. The van der Waals surface area contributed by atoms with Crippen LogP contribution >= 0.6 is 11.8 Å². The molecule has 1 N–H and O–H groups in total. The Morgan fingerprint density at radius 2 is 1.76 bits per heavy atom. The highest BCUT2D eigenvalue weighted by molar-refractivity contribution is 8.03. The molecule has 3 aromatic carbocycles. The van der Waals surface area contributed by atoms with E-state index in [0.29, 0.717) is 5.56 Å². The second-order valence-corrected chi connectivity index (χ2v) is 11.2. The first-order valence-electron chi connectivity index (χ1n) is 14.4. The lowest BCUT2D eigenvalue weighted by atomic mass is 9.94. The lowest BCUT2D eigenvalue weighted by molar-refractivity contribution is -0.674. The van der Waals surface area contributed by atoms with Crippen molar-refractivity contribution in [3.05, 3.63) is 124 Å². The zero-order valence-corrected chi connectivity index (χ0v) is 24.6. The molecule has 0 atom stereocenters. The van der Waals surface area contributed by atoms with Crippen LogP contribution < -0.4 is 14.2 Å². The maximum atomic E-state index is 12.1. The summed E-state index contributed by atoms with van der Waals surface area (Å²) >= 11 is 1.52. The molecule has 2 aliphatic rings. The lowest BCUT2D eigenvalue weighted by Crippen LogP contribution is -2.33. The van der Waals surface area contributed by atoms with Crippen LogP contribution in [0.5, 0.6) is 5.75 Å². The van der Waals surface area contributed by atoms with Crippen LogP contribution in [0.4, 0.5) is 5.69 Å². The summed E-state index contributed by atoms with van der Waals surface area (Å²) in [6, 6.07) is 23.3. The van der Waals surface area contributed by atoms with Crippen LogP contribution in [0.2, 0.25) is 0 Å². The van der Waals surface area contributed by atoms with Crippen LogP contribution in [0.3, 0.4) is 0 Å². The number of aromatic nitrogens is 1. The second-order valence-electron chi connectivity index (χ2n) is 10.1. The van der Waals surface area contributed by atoms with Crippen LogP contribution in [0.15, 0.2) is 122 Å². The number of carboxylic acids is 1. The summed E-state index contributed by atoms with van der Waals surface area (Å²) in [5.74, 6) is 1.50. The fourth-order valence-electron chi connectivity index (χ4n) is 5.54. The number of ether oxygens (including phenoxy) is 1. The highest BCUT2D eigenvalue weighted by atomic mass is 32.2. The van der Waals surface area contributed by atoms with Crippen molar-refractivity contribution in [2.24, 2.45) is 0 Å². The van der Waals surface area contributed by atoms with Gasteiger partial charge in [0.15, 0.2) is 5.75 Å². The Bertz CT molecular complexity index is 1780. The molecule has 0 radical (unpaired) electrons. The Morgan fingerprint density at radius 3 is 2.60 bits per heavy atom. The van der Waals surface area contributed by atoms with Crippen LogP contribution in [0.1, 0.15) is 49.4 Å². The van der Waals surface area contributed by atoms with E-state index in [1.807, 2.05) is 60.7 Å². The van der Waals surface area contributed by atoms with Crippen molar-refractivity contribution in [1.82, 2.24) is 0 Å². The minimum absolute atomic E-state index is 0.300. The number of aromatic carboxylic acids is 1. The third kappa shape index (κ3) is 5.40. The number of carboxylic acid groups (broad SMARTS) is 1. The molecule has 6 rings (SSSR count). The predicted octanol–water partition coefficient (Wildman–Crippen LogP) is 8.37. The van der Waals surface area contributed by atoms with Crippen LogP contribution in [-0.4, -0.2) is 17.6 Å². The number of oxazole rings is 1. The molecule has 7 heteroatoms. The number of carbonyl (C=O) groups is 1. The normalized spacial score (nSPS) is 17.0. The number of para-hydroxylation sites is 4. The third-order valence-corrected chi connectivity index (χ3v) is 8.87. The number of rotatable bonds is 8. The van der Waals surface area contributed by atoms with Crippen molar-refractivity contribution >= 4 is 40.6 Å². The summed E-state index contributed by atoms with van der Waals surface area (Å²) in [6.45, 7) is 5.80. The molecule has 0 spiro atoms. The van der Waals surface area contributed by atoms with Gasteiger partial charge in [0.05, 0.1) is 17.3 Å². The van der Waals surface area contributed by atoms with Gasteiger partial charge in [-0.05, 0) is 86.7 Å². The van der Waals surface area contributed by atoms with Gasteiger partial charge in [-0.1, -0.05) is 54.2 Å². The second kappa shape index (κ2) is 12.2. The molecule has 0 fully saturated rings. The monoisotopic (exact) mass is 577 g/mol. The van der Waals surface area contributed by atoms with E-state index in [-0.39, 0.29) is 0 Å². The molecule has 0 amide bonds. The van der Waals surface area contributed by atoms with E-state index < -0.39 is 5.97 Å². The number of benzene rings is 3. The Kier molecular flexibility index (Phi) is 8.02. The van der Waals surface area contributed by atoms with Gasteiger partial charge in [0, 0.05) is 22.4 Å². The number of allylic oxidation sites excluding steroid dienone is 5. The van der Waals surface area contributed by atoms with Gasteiger partial charge < -0.3 is 19.2 Å². The van der Waals surface area contributed by atoms with Gasteiger partial charge in [0.2, 0.25) is 11.5 Å². The molecule has 1 aliphatic heterocycles. The van der Waals surface area contributed by atoms with E-state index in [1.165, 1.54) is 11.8 Å². The molecular weight excluding hydrogens is 544 g/mol. The molecule has 212 valence electrons. The van der Waals surface area contributed by atoms with E-state index in [2.05, 4.69) is 47.6 Å². The van der Waals surface area contributed by atoms with Crippen molar-refractivity contribution in [3.8, 4) is 5.75 Å². The Labute approximate surface area is 249 Å². The summed E-state index contributed by atoms with van der Waals surface area (Å²) < 4.78 is 14.6. The lowest BCUT2D eigenvalue weighted by Gasteiger charge is -2.22. The fraction of sp³-hybridized carbons (Fsp3) is 0.200. The molecule has 1 aliphatic carbocycles. The average Bonchev–Trinajstić information content (AvgIpc) is 3.57. The quantitative estimate of drug-likeness (QED) is 0.212. The van der Waals surface area contributed by atoms with Crippen molar-refractivity contribution in [2.75, 3.05) is 11.4 Å². The first-order valence-corrected chi connectivity index (χ1v) is 15.2. The number of nitrogens with zero attached hydrogens (tertiary/aromatic N) is 2. The number of hydrogen-bond acceptors (Lipinski definition) is 5. The van der Waals surface area contributed by atoms with Crippen LogP contribution in [-0.2, 0) is 6.54 Å². The first kappa shape index (κ1) is 27.7. The minimum Gasteiger partial charge on any atom is -0.478 e. The Morgan fingerprint density at radius 1 is 0.976 bits per heavy atom. The van der Waals surface area contributed by atoms with Crippen molar-refractivity contribution < 1.29 is 23.6 Å². The van der Waals surface area contributed by atoms with Gasteiger partial charge in [-0.15, -0.1) is 0 Å². The first-order chi connectivity index (χ1) is 20.6. The standard InChI is InChI=1S/C35H32N2O4S/c1-3-36-27-15-6-8-17-29(27)40-32(36)22-20-24-12-11-13-25(34(24)42-31-19-10-5-14-26(31)35(38)39)21-23-33-37(4-2)28-16-7-9-18-30(28)41-33/h5-10,14-23H,3-4,11-13H2,1-2H3/p+1. The van der Waals surface area contributed by atoms with E-state index >= 15 is 0 Å². The van der Waals surface area contributed by atoms with Gasteiger partial charge in [-0.3, -0.25) is 0 Å². The summed E-state index contributed by atoms with van der Waals surface area (Å²) in [6.07, 6.45) is 11.1. The molecule has 6 nitrogen and oxygen atoms in total. The SMILES string of the molecule is CCN1C(=CC=C2CCCC(C=Cc3oc4ccccc4[n+]3CC)=C2Sc2ccccc2C(=O)O)Oc2ccccc21. The van der Waals surface area contributed by atoms with Gasteiger partial charge in [0.1, 0.15) is 6.54 Å². The van der Waals surface area contributed by atoms with E-state index in [9.17, 15) is 9.90 Å². The minimum atomic E-state index is -0.929. The van der Waals surface area contributed by atoms with Gasteiger partial charge in [0.25, 0.3) is 5.52 Å². The zero-order chi connectivity index (χ0) is 29.1. The maximum Gasteiger partial charge on any atom is 0.374 e. The van der Waals surface area contributed by atoms with E-state index in [4.69, 9.17) is 9.15 Å². The highest BCUT2D eigenvalue weighted by Gasteiger charge is 2.25. The molecule has 0 unspecified atom stereocenters. The molecule has 4 aromatic rings. The predicted molar refractivity (Wildman–Crippen MR) is 168 cm³/mol. The summed E-state index contributed by atoms with van der Waals surface area (Å²) in [7, 11) is 0. The summed E-state index contributed by atoms with van der Waals surface area (Å²) in [5, 5.41) is 9.89. The highest BCUT2D eigenvalue weighted by Crippen LogP contribution is 2.43. The largest absolute Gasteiger partial charge is 0.478 e. The number of hydrogen-bond donors (Lipinski definition) is 1. The van der Waals surface area contributed by atoms with Crippen LogP contribution in [0, 0.1) is 0 Å². The van der Waals surface area contributed by atoms with Crippen molar-refractivity contribution in [2.45, 2.75) is 44.6 Å². The zero-order valence-electron chi connectivity index (χ0n) is 23.7. The summed E-state index contributed by atoms with van der Waals surface area (Å²) in [4.78, 5) is 16.0. The molecule has 0 saturated carbocycles. The smallest absolute Gasteiger partial charge is 0.374 e. The summed E-state index contributed by atoms with van der Waals surface area (Å²) in [5.41, 5.74) is 5.59. The van der Waals surface area contributed by atoms with E-state index in [0.717, 1.165) is 87.6 Å².